The van der Waals surface area contributed by atoms with Gasteiger partial charge in [-0.05, 0) is 66.3 Å². The minimum Gasteiger partial charge on any atom is -0.482 e. The van der Waals surface area contributed by atoms with Crippen molar-refractivity contribution in [2.75, 3.05) is 13.2 Å². The number of hydrogen-bond acceptors (Lipinski definition) is 4. The summed E-state index contributed by atoms with van der Waals surface area (Å²) in [6.07, 6.45) is 0.225. The molecular formula is C27H26ClNO5. The number of carboxylic acid groups (broad SMARTS) is 1. The molecule has 0 spiro atoms. The summed E-state index contributed by atoms with van der Waals surface area (Å²) in [5, 5.41) is 9.58. The van der Waals surface area contributed by atoms with E-state index in [1.807, 2.05) is 56.3 Å². The molecule has 6 nitrogen and oxygen atoms in total. The van der Waals surface area contributed by atoms with E-state index in [2.05, 4.69) is 0 Å². The second-order valence-electron chi connectivity index (χ2n) is 8.33. The molecule has 0 fully saturated rings. The van der Waals surface area contributed by atoms with E-state index in [0.717, 1.165) is 27.8 Å². The summed E-state index contributed by atoms with van der Waals surface area (Å²) in [7, 11) is 0. The summed E-state index contributed by atoms with van der Waals surface area (Å²) in [4.78, 5) is 26.2. The van der Waals surface area contributed by atoms with Gasteiger partial charge in [-0.3, -0.25) is 4.90 Å². The average molecular weight is 480 g/mol. The molecule has 0 aromatic heterocycles. The van der Waals surface area contributed by atoms with Gasteiger partial charge in [0.25, 0.3) is 0 Å². The number of aliphatic carboxylic acids is 1. The molecule has 1 atom stereocenters. The van der Waals surface area contributed by atoms with E-state index in [1.54, 1.807) is 23.1 Å². The van der Waals surface area contributed by atoms with Crippen LogP contribution in [0.5, 0.6) is 5.75 Å². The standard InChI is InChI=1S/C27H26ClNO5/c1-17-6-5-7-18(2)23(17)15-34-27(32)29-13-12-19-8-3-4-9-21(19)26(29)22-14-20(28)10-11-24(22)33-16-25(30)31/h3-11,14,26H,12-13,15-16H2,1-2H3,(H,30,31). The number of hydrogen-bond donors (Lipinski definition) is 1. The molecule has 3 aromatic carbocycles. The molecule has 1 aliphatic heterocycles. The van der Waals surface area contributed by atoms with Gasteiger partial charge in [-0.1, -0.05) is 54.1 Å². The Labute approximate surface area is 203 Å². The van der Waals surface area contributed by atoms with Crippen molar-refractivity contribution in [1.82, 2.24) is 4.90 Å². The van der Waals surface area contributed by atoms with Crippen molar-refractivity contribution < 1.29 is 24.2 Å². The second-order valence-corrected chi connectivity index (χ2v) is 8.77. The number of nitrogens with zero attached hydrogens (tertiary/aromatic N) is 1. The van der Waals surface area contributed by atoms with Crippen LogP contribution in [0.2, 0.25) is 5.02 Å². The Morgan fingerprint density at radius 3 is 2.50 bits per heavy atom. The molecule has 1 unspecified atom stereocenters. The number of fused-ring (bicyclic) bond motifs is 1. The highest BCUT2D eigenvalue weighted by atomic mass is 35.5. The monoisotopic (exact) mass is 479 g/mol. The molecule has 0 radical (unpaired) electrons. The Hall–Kier alpha value is -3.51. The molecule has 4 rings (SSSR count). The minimum absolute atomic E-state index is 0.167. The zero-order valence-electron chi connectivity index (χ0n) is 19.1. The maximum atomic E-state index is 13.4. The molecule has 0 saturated carbocycles. The van der Waals surface area contributed by atoms with Crippen molar-refractivity contribution >= 4 is 23.7 Å². The topological polar surface area (TPSA) is 76.1 Å². The molecule has 0 bridgehead atoms. The van der Waals surface area contributed by atoms with Gasteiger partial charge in [-0.15, -0.1) is 0 Å². The number of carbonyl (C=O) groups is 2. The summed E-state index contributed by atoms with van der Waals surface area (Å²) in [6.45, 7) is 4.10. The molecule has 34 heavy (non-hydrogen) atoms. The SMILES string of the molecule is Cc1cccc(C)c1COC(=O)N1CCc2ccccc2C1c1cc(Cl)ccc1OCC(=O)O. The highest BCUT2D eigenvalue weighted by Crippen LogP contribution is 2.41. The van der Waals surface area contributed by atoms with Gasteiger partial charge in [-0.2, -0.15) is 0 Å². The third-order valence-corrected chi connectivity index (χ3v) is 6.36. The number of aryl methyl sites for hydroxylation is 2. The van der Waals surface area contributed by atoms with Crippen molar-refractivity contribution in [3.63, 3.8) is 0 Å². The van der Waals surface area contributed by atoms with Crippen LogP contribution in [0.4, 0.5) is 4.79 Å². The molecule has 1 heterocycles. The van der Waals surface area contributed by atoms with E-state index in [4.69, 9.17) is 26.2 Å². The van der Waals surface area contributed by atoms with Crippen molar-refractivity contribution in [2.45, 2.75) is 32.9 Å². The number of amides is 1. The summed E-state index contributed by atoms with van der Waals surface area (Å²) >= 11 is 6.32. The lowest BCUT2D eigenvalue weighted by atomic mass is 9.88. The normalized spacial score (nSPS) is 14.9. The third kappa shape index (κ3) is 5.02. The Bertz CT molecular complexity index is 1210. The maximum absolute atomic E-state index is 13.4. The molecule has 3 aromatic rings. The molecule has 1 N–H and O–H groups in total. The number of halogens is 1. The van der Waals surface area contributed by atoms with Crippen LogP contribution >= 0.6 is 11.6 Å². The Morgan fingerprint density at radius 1 is 1.03 bits per heavy atom. The highest BCUT2D eigenvalue weighted by Gasteiger charge is 2.35. The van der Waals surface area contributed by atoms with Gasteiger partial charge in [0.15, 0.2) is 6.61 Å². The zero-order chi connectivity index (χ0) is 24.2. The van der Waals surface area contributed by atoms with Crippen LogP contribution in [0.1, 0.15) is 39.4 Å². The summed E-state index contributed by atoms with van der Waals surface area (Å²) in [5.74, 6) is -0.726. The van der Waals surface area contributed by atoms with Crippen LogP contribution in [0, 0.1) is 13.8 Å². The van der Waals surface area contributed by atoms with Crippen LogP contribution in [-0.4, -0.2) is 35.2 Å². The summed E-state index contributed by atoms with van der Waals surface area (Å²) in [6, 6.07) is 18.3. The molecule has 0 saturated heterocycles. The van der Waals surface area contributed by atoms with Gasteiger partial charge in [0.05, 0.1) is 6.04 Å². The van der Waals surface area contributed by atoms with Gasteiger partial charge < -0.3 is 14.6 Å². The first-order chi connectivity index (χ1) is 16.3. The first kappa shape index (κ1) is 23.6. The van der Waals surface area contributed by atoms with Gasteiger partial charge in [0.2, 0.25) is 0 Å². The fraction of sp³-hybridized carbons (Fsp3) is 0.259. The van der Waals surface area contributed by atoms with Crippen molar-refractivity contribution in [1.29, 1.82) is 0 Å². The summed E-state index contributed by atoms with van der Waals surface area (Å²) < 4.78 is 11.4. The van der Waals surface area contributed by atoms with Gasteiger partial charge >= 0.3 is 12.1 Å². The fourth-order valence-electron chi connectivity index (χ4n) is 4.40. The predicted octanol–water partition coefficient (Wildman–Crippen LogP) is 5.70. The van der Waals surface area contributed by atoms with Crippen molar-refractivity contribution in [3.8, 4) is 5.75 Å². The van der Waals surface area contributed by atoms with Gasteiger partial charge in [0, 0.05) is 17.1 Å². The highest BCUT2D eigenvalue weighted by molar-refractivity contribution is 6.30. The first-order valence-corrected chi connectivity index (χ1v) is 11.4. The molecule has 0 aliphatic carbocycles. The van der Waals surface area contributed by atoms with E-state index in [1.165, 1.54) is 0 Å². The van der Waals surface area contributed by atoms with Gasteiger partial charge in [0.1, 0.15) is 12.4 Å². The van der Waals surface area contributed by atoms with E-state index >= 15 is 0 Å². The molecule has 176 valence electrons. The number of ether oxygens (including phenoxy) is 2. The zero-order valence-corrected chi connectivity index (χ0v) is 19.8. The number of carbonyl (C=O) groups excluding carboxylic acids is 1. The van der Waals surface area contributed by atoms with Crippen LogP contribution in [0.25, 0.3) is 0 Å². The van der Waals surface area contributed by atoms with Gasteiger partial charge in [-0.25, -0.2) is 9.59 Å². The minimum atomic E-state index is -1.09. The number of benzene rings is 3. The van der Waals surface area contributed by atoms with Crippen molar-refractivity contribution in [2.24, 2.45) is 0 Å². The molecule has 1 amide bonds. The Morgan fingerprint density at radius 2 is 1.76 bits per heavy atom. The third-order valence-electron chi connectivity index (χ3n) is 6.12. The van der Waals surface area contributed by atoms with E-state index in [9.17, 15) is 9.59 Å². The lowest BCUT2D eigenvalue weighted by molar-refractivity contribution is -0.139. The number of rotatable bonds is 6. The lowest BCUT2D eigenvalue weighted by Crippen LogP contribution is -2.41. The predicted molar refractivity (Wildman–Crippen MR) is 129 cm³/mol. The molecule has 7 heteroatoms. The van der Waals surface area contributed by atoms with E-state index in [0.29, 0.717) is 29.3 Å². The van der Waals surface area contributed by atoms with E-state index in [-0.39, 0.29) is 6.61 Å². The summed E-state index contributed by atoms with van der Waals surface area (Å²) in [5.41, 5.74) is 5.76. The van der Waals surface area contributed by atoms with Crippen LogP contribution in [0.3, 0.4) is 0 Å². The first-order valence-electron chi connectivity index (χ1n) is 11.1. The Kier molecular flexibility index (Phi) is 7.08. The molecular weight excluding hydrogens is 454 g/mol. The maximum Gasteiger partial charge on any atom is 0.410 e. The van der Waals surface area contributed by atoms with Crippen molar-refractivity contribution in [3.05, 3.63) is 99.1 Å². The molecule has 1 aliphatic rings. The smallest absolute Gasteiger partial charge is 0.410 e. The van der Waals surface area contributed by atoms with Crippen LogP contribution < -0.4 is 4.74 Å². The van der Waals surface area contributed by atoms with E-state index < -0.39 is 24.7 Å². The second kappa shape index (κ2) is 10.2. The largest absolute Gasteiger partial charge is 0.482 e. The fourth-order valence-corrected chi connectivity index (χ4v) is 4.58. The Balaban J connectivity index is 1.70. The number of carboxylic acids is 1. The average Bonchev–Trinajstić information content (AvgIpc) is 2.82. The quantitative estimate of drug-likeness (QED) is 0.490. The van der Waals surface area contributed by atoms with Crippen LogP contribution in [0.15, 0.2) is 60.7 Å². The lowest BCUT2D eigenvalue weighted by Gasteiger charge is -2.37. The van der Waals surface area contributed by atoms with Crippen LogP contribution in [-0.2, 0) is 22.6 Å².